The highest BCUT2D eigenvalue weighted by atomic mass is 32.1. The maximum Gasteiger partial charge on any atom is 0.350 e. The van der Waals surface area contributed by atoms with Crippen molar-refractivity contribution in [3.63, 3.8) is 0 Å². The Balaban J connectivity index is 1.70. The van der Waals surface area contributed by atoms with Gasteiger partial charge in [0.1, 0.15) is 17.5 Å². The SMILES string of the molecule is CN1CCCC[C@H](N(c2cc(C#CC(C)(C)C)sc2C(=O)OCCN2CCOCC2)C(=O)[C@H]2CC[C@H](C)CC2)C1=O. The van der Waals surface area contributed by atoms with E-state index in [2.05, 4.69) is 23.7 Å². The number of anilines is 1. The van der Waals surface area contributed by atoms with E-state index in [1.807, 2.05) is 26.8 Å². The molecule has 9 heteroatoms. The van der Waals surface area contributed by atoms with Crippen LogP contribution < -0.4 is 4.90 Å². The van der Waals surface area contributed by atoms with Crippen LogP contribution in [0.4, 0.5) is 5.69 Å². The van der Waals surface area contributed by atoms with Crippen molar-refractivity contribution in [2.75, 3.05) is 57.9 Å². The molecule has 4 rings (SSSR count). The first-order valence-corrected chi connectivity index (χ1v) is 16.1. The third kappa shape index (κ3) is 8.56. The lowest BCUT2D eigenvalue weighted by Gasteiger charge is -2.36. The Hall–Kier alpha value is -2.41. The predicted octanol–water partition coefficient (Wildman–Crippen LogP) is 4.80. The average molecular weight is 586 g/mol. The fourth-order valence-electron chi connectivity index (χ4n) is 5.73. The summed E-state index contributed by atoms with van der Waals surface area (Å²) in [6.07, 6.45) is 5.88. The molecular formula is C32H47N3O5S. The minimum atomic E-state index is -0.646. The number of hydrogen-bond donors (Lipinski definition) is 0. The number of carbonyl (C=O) groups excluding carboxylic acids is 3. The minimum Gasteiger partial charge on any atom is -0.460 e. The molecule has 2 saturated heterocycles. The average Bonchev–Trinajstić information content (AvgIpc) is 3.30. The summed E-state index contributed by atoms with van der Waals surface area (Å²) in [5.41, 5.74) is 0.249. The Morgan fingerprint density at radius 1 is 1.10 bits per heavy atom. The highest BCUT2D eigenvalue weighted by Gasteiger charge is 2.40. The van der Waals surface area contributed by atoms with Gasteiger partial charge in [-0.25, -0.2) is 4.79 Å². The number of hydrogen-bond acceptors (Lipinski definition) is 7. The van der Waals surface area contributed by atoms with Crippen LogP contribution in [0.2, 0.25) is 0 Å². The Morgan fingerprint density at radius 3 is 2.49 bits per heavy atom. The molecule has 1 atom stereocenters. The first-order chi connectivity index (χ1) is 19.5. The summed E-state index contributed by atoms with van der Waals surface area (Å²) < 4.78 is 11.2. The lowest BCUT2D eigenvalue weighted by Crippen LogP contribution is -2.52. The number of likely N-dealkylation sites (N-methyl/N-ethyl adjacent to an activating group) is 1. The van der Waals surface area contributed by atoms with Gasteiger partial charge in [0.15, 0.2) is 0 Å². The summed E-state index contributed by atoms with van der Waals surface area (Å²) in [5, 5.41) is 0. The van der Waals surface area contributed by atoms with Gasteiger partial charge in [0, 0.05) is 44.6 Å². The Bertz CT molecular complexity index is 1130. The minimum absolute atomic E-state index is 0.0546. The van der Waals surface area contributed by atoms with Crippen molar-refractivity contribution in [3.05, 3.63) is 15.8 Å². The number of ether oxygens (including phenoxy) is 2. The van der Waals surface area contributed by atoms with Gasteiger partial charge >= 0.3 is 5.97 Å². The zero-order chi connectivity index (χ0) is 29.6. The molecule has 8 nitrogen and oxygen atoms in total. The monoisotopic (exact) mass is 585 g/mol. The first-order valence-electron chi connectivity index (χ1n) is 15.3. The van der Waals surface area contributed by atoms with Crippen molar-refractivity contribution in [2.24, 2.45) is 17.3 Å². The predicted molar refractivity (Wildman–Crippen MR) is 162 cm³/mol. The van der Waals surface area contributed by atoms with Crippen LogP contribution in [0.15, 0.2) is 6.07 Å². The van der Waals surface area contributed by atoms with Crippen molar-refractivity contribution >= 4 is 34.8 Å². The van der Waals surface area contributed by atoms with Crippen molar-refractivity contribution in [1.82, 2.24) is 9.80 Å². The molecule has 1 aliphatic carbocycles. The second-order valence-corrected chi connectivity index (χ2v) is 13.9. The summed E-state index contributed by atoms with van der Waals surface area (Å²) in [6, 6.07) is 1.19. The van der Waals surface area contributed by atoms with E-state index in [4.69, 9.17) is 9.47 Å². The topological polar surface area (TPSA) is 79.4 Å². The second kappa shape index (κ2) is 14.2. The molecule has 0 N–H and O–H groups in total. The fraction of sp³-hybridized carbons (Fsp3) is 0.719. The molecule has 1 saturated carbocycles. The van der Waals surface area contributed by atoms with Gasteiger partial charge in [-0.3, -0.25) is 19.4 Å². The van der Waals surface area contributed by atoms with Gasteiger partial charge < -0.3 is 14.4 Å². The molecule has 1 aromatic heterocycles. The number of rotatable bonds is 7. The molecule has 3 fully saturated rings. The maximum absolute atomic E-state index is 14.3. The molecule has 2 aliphatic heterocycles. The van der Waals surface area contributed by atoms with Gasteiger partial charge in [0.2, 0.25) is 11.8 Å². The largest absolute Gasteiger partial charge is 0.460 e. The third-order valence-corrected chi connectivity index (χ3v) is 9.28. The molecule has 0 unspecified atom stereocenters. The standard InChI is InChI=1S/C32H47N3O5S/c1-23-9-11-24(12-10-23)29(36)35(26-8-6-7-15-33(5)30(26)37)27-22-25(13-14-32(2,3)4)41-28(27)31(38)40-21-18-34-16-19-39-20-17-34/h22-24,26H,6-12,15-21H2,1-5H3/t23-,24-,26-/m0/s1. The van der Waals surface area contributed by atoms with Crippen LogP contribution in [0, 0.1) is 29.1 Å². The normalized spacial score (nSPS) is 24.3. The van der Waals surface area contributed by atoms with Crippen LogP contribution in [-0.4, -0.2) is 86.7 Å². The molecule has 0 bridgehead atoms. The summed E-state index contributed by atoms with van der Waals surface area (Å²) in [7, 11) is 1.81. The molecular weight excluding hydrogens is 538 g/mol. The van der Waals surface area contributed by atoms with Crippen molar-refractivity contribution in [3.8, 4) is 11.8 Å². The number of thiophene rings is 1. The second-order valence-electron chi connectivity index (χ2n) is 12.9. The van der Waals surface area contributed by atoms with Crippen molar-refractivity contribution < 1.29 is 23.9 Å². The van der Waals surface area contributed by atoms with E-state index in [9.17, 15) is 14.4 Å². The quantitative estimate of drug-likeness (QED) is 0.338. The van der Waals surface area contributed by atoms with E-state index in [-0.39, 0.29) is 29.8 Å². The van der Waals surface area contributed by atoms with Crippen molar-refractivity contribution in [2.45, 2.75) is 78.7 Å². The number of amides is 2. The molecule has 0 spiro atoms. The van der Waals surface area contributed by atoms with Gasteiger partial charge in [-0.05, 0) is 77.7 Å². The lowest BCUT2D eigenvalue weighted by atomic mass is 9.82. The maximum atomic E-state index is 14.3. The van der Waals surface area contributed by atoms with E-state index in [1.165, 1.54) is 11.3 Å². The van der Waals surface area contributed by atoms with E-state index >= 15 is 0 Å². The summed E-state index contributed by atoms with van der Waals surface area (Å²) in [4.78, 5) is 48.3. The fourth-order valence-corrected chi connectivity index (χ4v) is 6.63. The number of esters is 1. The number of carbonyl (C=O) groups is 3. The Morgan fingerprint density at radius 2 is 1.80 bits per heavy atom. The summed E-state index contributed by atoms with van der Waals surface area (Å²) in [5.74, 6) is 6.32. The van der Waals surface area contributed by atoms with E-state index in [1.54, 1.807) is 16.8 Å². The smallest absolute Gasteiger partial charge is 0.350 e. The number of likely N-dealkylation sites (tertiary alicyclic amines) is 1. The van der Waals surface area contributed by atoms with Crippen LogP contribution >= 0.6 is 11.3 Å². The summed E-state index contributed by atoms with van der Waals surface area (Å²) in [6.45, 7) is 12.9. The van der Waals surface area contributed by atoms with E-state index < -0.39 is 12.0 Å². The highest BCUT2D eigenvalue weighted by Crippen LogP contribution is 2.38. The number of morpholine rings is 1. The van der Waals surface area contributed by atoms with Gasteiger partial charge in [-0.15, -0.1) is 11.3 Å². The van der Waals surface area contributed by atoms with E-state index in [0.29, 0.717) is 54.1 Å². The molecule has 3 aliphatic rings. The summed E-state index contributed by atoms with van der Waals surface area (Å²) >= 11 is 1.26. The van der Waals surface area contributed by atoms with E-state index in [0.717, 1.165) is 51.6 Å². The molecule has 1 aromatic rings. The lowest BCUT2D eigenvalue weighted by molar-refractivity contribution is -0.134. The molecule has 2 amide bonds. The molecule has 3 heterocycles. The van der Waals surface area contributed by atoms with Crippen LogP contribution in [0.25, 0.3) is 0 Å². The third-order valence-electron chi connectivity index (χ3n) is 8.26. The van der Waals surface area contributed by atoms with Crippen molar-refractivity contribution in [1.29, 1.82) is 0 Å². The van der Waals surface area contributed by atoms with Gasteiger partial charge in [-0.2, -0.15) is 0 Å². The van der Waals surface area contributed by atoms with Crippen LogP contribution in [0.1, 0.15) is 87.2 Å². The zero-order valence-electron chi connectivity index (χ0n) is 25.5. The van der Waals surface area contributed by atoms with Crippen LogP contribution in [-0.2, 0) is 19.1 Å². The molecule has 226 valence electrons. The van der Waals surface area contributed by atoms with Crippen LogP contribution in [0.3, 0.4) is 0 Å². The first kappa shape index (κ1) is 31.5. The van der Waals surface area contributed by atoms with Crippen LogP contribution in [0.5, 0.6) is 0 Å². The van der Waals surface area contributed by atoms with Gasteiger partial charge in [0.25, 0.3) is 0 Å². The highest BCUT2D eigenvalue weighted by molar-refractivity contribution is 7.15. The molecule has 0 aromatic carbocycles. The van der Waals surface area contributed by atoms with Gasteiger partial charge in [0.05, 0.1) is 23.8 Å². The van der Waals surface area contributed by atoms with Gasteiger partial charge in [-0.1, -0.05) is 18.8 Å². The molecule has 0 radical (unpaired) electrons. The zero-order valence-corrected chi connectivity index (χ0v) is 26.3. The Labute approximate surface area is 249 Å². The Kier molecular flexibility index (Phi) is 10.9. The number of nitrogens with zero attached hydrogens (tertiary/aromatic N) is 3. The molecule has 41 heavy (non-hydrogen) atoms.